The highest BCUT2D eigenvalue weighted by atomic mass is 32.2. The Hall–Kier alpha value is -4.05. The summed E-state index contributed by atoms with van der Waals surface area (Å²) in [5, 5.41) is 2.93. The van der Waals surface area contributed by atoms with Crippen LogP contribution in [0.3, 0.4) is 0 Å². The number of nitrogens with zero attached hydrogens (tertiary/aromatic N) is 2. The van der Waals surface area contributed by atoms with E-state index in [4.69, 9.17) is 9.47 Å². The number of ether oxygens (including phenoxy) is 2. The van der Waals surface area contributed by atoms with Gasteiger partial charge in [0.2, 0.25) is 11.8 Å². The van der Waals surface area contributed by atoms with E-state index in [9.17, 15) is 18.0 Å². The Balaban J connectivity index is 2.07. The molecule has 3 aromatic carbocycles. The third-order valence-corrected chi connectivity index (χ3v) is 8.67. The molecule has 2 unspecified atom stereocenters. The molecular formula is C31H39N3O6S. The maximum atomic E-state index is 14.1. The number of benzene rings is 3. The van der Waals surface area contributed by atoms with Gasteiger partial charge in [0, 0.05) is 12.6 Å². The van der Waals surface area contributed by atoms with E-state index in [1.54, 1.807) is 74.7 Å². The number of amides is 2. The molecule has 3 aromatic rings. The van der Waals surface area contributed by atoms with Crippen molar-refractivity contribution in [2.75, 3.05) is 25.1 Å². The summed E-state index contributed by atoms with van der Waals surface area (Å²) in [5.41, 5.74) is 1.77. The molecule has 0 saturated carbocycles. The van der Waals surface area contributed by atoms with E-state index < -0.39 is 28.5 Å². The molecule has 0 saturated heterocycles. The SMILES string of the molecule is CCC(C)NC(=O)C(C)N(Cc1ccc(OC)cc1)C(=O)CN(c1cc(C)ccc1OC)S(=O)(=O)c1ccccc1. The van der Waals surface area contributed by atoms with Gasteiger partial charge in [-0.2, -0.15) is 0 Å². The first-order valence-electron chi connectivity index (χ1n) is 13.5. The fraction of sp³-hybridized carbons (Fsp3) is 0.355. The van der Waals surface area contributed by atoms with E-state index >= 15 is 0 Å². The van der Waals surface area contributed by atoms with Gasteiger partial charge < -0.3 is 19.7 Å². The van der Waals surface area contributed by atoms with Gasteiger partial charge in [-0.25, -0.2) is 8.42 Å². The third kappa shape index (κ3) is 7.79. The van der Waals surface area contributed by atoms with Crippen molar-refractivity contribution in [2.24, 2.45) is 0 Å². The van der Waals surface area contributed by atoms with Crippen LogP contribution < -0.4 is 19.1 Å². The van der Waals surface area contributed by atoms with Gasteiger partial charge in [-0.15, -0.1) is 0 Å². The van der Waals surface area contributed by atoms with Crippen molar-refractivity contribution in [3.63, 3.8) is 0 Å². The molecule has 0 aromatic heterocycles. The highest BCUT2D eigenvalue weighted by Crippen LogP contribution is 2.33. The lowest BCUT2D eigenvalue weighted by atomic mass is 10.1. The van der Waals surface area contributed by atoms with Crippen LogP contribution in [-0.2, 0) is 26.2 Å². The molecule has 10 heteroatoms. The Morgan fingerprint density at radius 2 is 1.59 bits per heavy atom. The smallest absolute Gasteiger partial charge is 0.264 e. The molecule has 0 spiro atoms. The zero-order valence-corrected chi connectivity index (χ0v) is 25.3. The van der Waals surface area contributed by atoms with Crippen molar-refractivity contribution in [2.45, 2.75) is 57.6 Å². The number of carbonyl (C=O) groups is 2. The lowest BCUT2D eigenvalue weighted by Gasteiger charge is -2.33. The molecule has 41 heavy (non-hydrogen) atoms. The van der Waals surface area contributed by atoms with Gasteiger partial charge in [0.25, 0.3) is 10.0 Å². The normalized spacial score (nSPS) is 12.6. The molecule has 0 radical (unpaired) electrons. The summed E-state index contributed by atoms with van der Waals surface area (Å²) in [4.78, 5) is 28.7. The van der Waals surface area contributed by atoms with E-state index in [1.165, 1.54) is 24.1 Å². The number of sulfonamides is 1. The van der Waals surface area contributed by atoms with Crippen molar-refractivity contribution in [3.05, 3.63) is 83.9 Å². The van der Waals surface area contributed by atoms with Crippen LogP contribution in [0, 0.1) is 6.92 Å². The van der Waals surface area contributed by atoms with Crippen molar-refractivity contribution in [3.8, 4) is 11.5 Å². The fourth-order valence-corrected chi connectivity index (χ4v) is 5.64. The number of anilines is 1. The van der Waals surface area contributed by atoms with Crippen molar-refractivity contribution in [1.82, 2.24) is 10.2 Å². The lowest BCUT2D eigenvalue weighted by molar-refractivity contribution is -0.139. The quantitative estimate of drug-likeness (QED) is 0.318. The molecule has 9 nitrogen and oxygen atoms in total. The number of aryl methyl sites for hydroxylation is 1. The molecule has 0 bridgehead atoms. The van der Waals surface area contributed by atoms with Crippen LogP contribution in [0.15, 0.2) is 77.7 Å². The van der Waals surface area contributed by atoms with Crippen LogP contribution in [0.2, 0.25) is 0 Å². The average molecular weight is 582 g/mol. The van der Waals surface area contributed by atoms with Crippen molar-refractivity contribution in [1.29, 1.82) is 0 Å². The standard InChI is InChI=1S/C31H39N3O6S/c1-7-23(3)32-31(36)24(4)33(20-25-14-16-26(39-5)17-15-25)30(35)21-34(28-19-22(2)13-18-29(28)40-6)41(37,38)27-11-9-8-10-12-27/h8-19,23-24H,7,20-21H2,1-6H3,(H,32,36). The number of rotatable bonds is 13. The van der Waals surface area contributed by atoms with Crippen LogP contribution in [0.5, 0.6) is 11.5 Å². The van der Waals surface area contributed by atoms with Gasteiger partial charge >= 0.3 is 0 Å². The highest BCUT2D eigenvalue weighted by molar-refractivity contribution is 7.92. The van der Waals surface area contributed by atoms with Crippen molar-refractivity contribution >= 4 is 27.5 Å². The van der Waals surface area contributed by atoms with Gasteiger partial charge in [0.15, 0.2) is 0 Å². The number of nitrogens with one attached hydrogen (secondary N) is 1. The summed E-state index contributed by atoms with van der Waals surface area (Å²) in [5.74, 6) is 0.0792. The zero-order valence-electron chi connectivity index (χ0n) is 24.5. The van der Waals surface area contributed by atoms with E-state index in [0.717, 1.165) is 21.9 Å². The minimum atomic E-state index is -4.19. The third-order valence-electron chi connectivity index (χ3n) is 6.89. The highest BCUT2D eigenvalue weighted by Gasteiger charge is 2.34. The number of carbonyl (C=O) groups excluding carboxylic acids is 2. The summed E-state index contributed by atoms with van der Waals surface area (Å²) in [7, 11) is -1.19. The minimum Gasteiger partial charge on any atom is -0.497 e. The Labute approximate surface area is 243 Å². The second kappa shape index (κ2) is 14.0. The van der Waals surface area contributed by atoms with Gasteiger partial charge in [-0.1, -0.05) is 43.3 Å². The molecule has 2 atom stereocenters. The number of methoxy groups -OCH3 is 2. The Morgan fingerprint density at radius 3 is 2.17 bits per heavy atom. The van der Waals surface area contributed by atoms with E-state index in [-0.39, 0.29) is 29.1 Å². The van der Waals surface area contributed by atoms with E-state index in [1.807, 2.05) is 20.8 Å². The minimum absolute atomic E-state index is 0.0284. The fourth-order valence-electron chi connectivity index (χ4n) is 4.20. The van der Waals surface area contributed by atoms with E-state index in [0.29, 0.717) is 11.5 Å². The summed E-state index contributed by atoms with van der Waals surface area (Å²) in [6, 6.07) is 19.2. The first-order valence-corrected chi connectivity index (χ1v) is 14.9. The molecule has 220 valence electrons. The van der Waals surface area contributed by atoms with Gasteiger partial charge in [0.05, 0.1) is 24.8 Å². The Bertz CT molecular complexity index is 1430. The molecular weight excluding hydrogens is 542 g/mol. The zero-order chi connectivity index (χ0) is 30.2. The van der Waals surface area contributed by atoms with Gasteiger partial charge in [-0.05, 0) is 74.7 Å². The van der Waals surface area contributed by atoms with Gasteiger partial charge in [0.1, 0.15) is 24.1 Å². The lowest BCUT2D eigenvalue weighted by Crippen LogP contribution is -2.52. The molecule has 1 N–H and O–H groups in total. The monoisotopic (exact) mass is 581 g/mol. The number of hydrogen-bond acceptors (Lipinski definition) is 6. The Morgan fingerprint density at radius 1 is 0.927 bits per heavy atom. The van der Waals surface area contributed by atoms with E-state index in [2.05, 4.69) is 5.32 Å². The average Bonchev–Trinajstić information content (AvgIpc) is 2.98. The summed E-state index contributed by atoms with van der Waals surface area (Å²) >= 11 is 0. The summed E-state index contributed by atoms with van der Waals surface area (Å²) in [6.45, 7) is 6.85. The first-order chi connectivity index (χ1) is 19.5. The largest absolute Gasteiger partial charge is 0.497 e. The van der Waals surface area contributed by atoms with Crippen LogP contribution in [0.4, 0.5) is 5.69 Å². The molecule has 0 aliphatic carbocycles. The van der Waals surface area contributed by atoms with Crippen LogP contribution >= 0.6 is 0 Å². The molecule has 3 rings (SSSR count). The molecule has 0 aliphatic rings. The topological polar surface area (TPSA) is 105 Å². The van der Waals surface area contributed by atoms with Crippen LogP contribution in [-0.4, -0.2) is 58.0 Å². The summed E-state index contributed by atoms with van der Waals surface area (Å²) in [6.07, 6.45) is 0.723. The second-order valence-corrected chi connectivity index (χ2v) is 11.7. The maximum Gasteiger partial charge on any atom is 0.264 e. The second-order valence-electron chi connectivity index (χ2n) is 9.86. The molecule has 0 aliphatic heterocycles. The first kappa shape index (κ1) is 31.5. The predicted molar refractivity (Wildman–Crippen MR) is 160 cm³/mol. The van der Waals surface area contributed by atoms with Crippen LogP contribution in [0.25, 0.3) is 0 Å². The maximum absolute atomic E-state index is 14.1. The summed E-state index contributed by atoms with van der Waals surface area (Å²) < 4.78 is 39.8. The number of hydrogen-bond donors (Lipinski definition) is 1. The molecule has 0 fully saturated rings. The molecule has 0 heterocycles. The van der Waals surface area contributed by atoms with Gasteiger partial charge in [-0.3, -0.25) is 13.9 Å². The molecule has 2 amide bonds. The predicted octanol–water partition coefficient (Wildman–Crippen LogP) is 4.54. The van der Waals surface area contributed by atoms with Crippen LogP contribution in [0.1, 0.15) is 38.3 Å². The Kier molecular flexibility index (Phi) is 10.8. The van der Waals surface area contributed by atoms with Crippen molar-refractivity contribution < 1.29 is 27.5 Å².